The maximum Gasteiger partial charge on any atom is 0.293 e. The summed E-state index contributed by atoms with van der Waals surface area (Å²) in [7, 11) is -4.66. The van der Waals surface area contributed by atoms with Crippen LogP contribution >= 0.6 is 11.6 Å². The van der Waals surface area contributed by atoms with E-state index in [4.69, 9.17) is 16.3 Å². The Bertz CT molecular complexity index is 3990. The van der Waals surface area contributed by atoms with E-state index in [2.05, 4.69) is 71.3 Å². The molecule has 4 aliphatic heterocycles. The molecule has 25 heteroatoms. The van der Waals surface area contributed by atoms with Gasteiger partial charge in [0.25, 0.3) is 33.4 Å². The molecule has 2 aromatic heterocycles. The average molecular weight is 1260 g/mol. The third-order valence-corrected chi connectivity index (χ3v) is 20.1. The Balaban J connectivity index is 0.639. The second-order valence-electron chi connectivity index (χ2n) is 24.9. The van der Waals surface area contributed by atoms with Crippen LogP contribution in [-0.4, -0.2) is 162 Å². The molecule has 1 unspecified atom stereocenters. The number of rotatable bonds is 19. The zero-order chi connectivity index (χ0) is 63.0. The Morgan fingerprint density at radius 3 is 2.40 bits per heavy atom. The van der Waals surface area contributed by atoms with Crippen LogP contribution in [0.1, 0.15) is 108 Å². The molecule has 1 saturated carbocycles. The number of ether oxygens (including phenoxy) is 1. The number of amides is 6. The molecule has 12 rings (SSSR count). The molecular formula is C65H71ClN12O11S. The highest BCUT2D eigenvalue weighted by molar-refractivity contribution is 7.90. The number of nitro benzene ring substituents is 1. The van der Waals surface area contributed by atoms with Gasteiger partial charge in [-0.15, -0.1) is 0 Å². The summed E-state index contributed by atoms with van der Waals surface area (Å²) in [5.41, 5.74) is 5.97. The predicted molar refractivity (Wildman–Crippen MR) is 339 cm³/mol. The minimum atomic E-state index is -4.66. The third kappa shape index (κ3) is 13.3. The summed E-state index contributed by atoms with van der Waals surface area (Å²) in [6, 6.07) is 24.2. The first-order chi connectivity index (χ1) is 43.2. The number of H-pyrrole nitrogens is 1. The van der Waals surface area contributed by atoms with Crippen LogP contribution in [0.25, 0.3) is 16.6 Å². The third-order valence-electron chi connectivity index (χ3n) is 18.5. The predicted octanol–water partition coefficient (Wildman–Crippen LogP) is 8.45. The zero-order valence-corrected chi connectivity index (χ0v) is 51.7. The lowest BCUT2D eigenvalue weighted by Crippen LogP contribution is -2.55. The number of halogens is 1. The number of hydrogen-bond acceptors (Lipinski definition) is 17. The number of fused-ring (bicyclic) bond motifs is 2. The number of pyridine rings is 1. The maximum atomic E-state index is 14.2. The summed E-state index contributed by atoms with van der Waals surface area (Å²) in [6.07, 6.45) is 9.64. The zero-order valence-electron chi connectivity index (χ0n) is 50.1. The van der Waals surface area contributed by atoms with Crippen LogP contribution in [0.4, 0.5) is 22.7 Å². The second kappa shape index (κ2) is 25.6. The summed E-state index contributed by atoms with van der Waals surface area (Å²) in [4.78, 5) is 107. The molecule has 470 valence electrons. The van der Waals surface area contributed by atoms with Crippen LogP contribution in [-0.2, 0) is 24.4 Å². The first-order valence-corrected chi connectivity index (χ1v) is 32.5. The van der Waals surface area contributed by atoms with Gasteiger partial charge in [-0.05, 0) is 134 Å². The molecule has 1 atom stereocenters. The Kier molecular flexibility index (Phi) is 17.5. The second-order valence-corrected chi connectivity index (χ2v) is 27.1. The number of carbonyl (C=O) groups is 6. The molecule has 5 N–H and O–H groups in total. The fraction of sp³-hybridized carbons (Fsp3) is 0.400. The van der Waals surface area contributed by atoms with E-state index < -0.39 is 61.1 Å². The number of aromatic nitrogens is 2. The van der Waals surface area contributed by atoms with Crippen molar-refractivity contribution >= 4 is 96.4 Å². The van der Waals surface area contributed by atoms with Crippen molar-refractivity contribution in [3.8, 4) is 11.5 Å². The van der Waals surface area contributed by atoms with Crippen LogP contribution in [0.15, 0.2) is 114 Å². The fourth-order valence-electron chi connectivity index (χ4n) is 13.4. The van der Waals surface area contributed by atoms with Crippen LogP contribution in [0, 0.1) is 21.4 Å². The van der Waals surface area contributed by atoms with E-state index in [1.165, 1.54) is 47.2 Å². The quantitative estimate of drug-likeness (QED) is 0.0289. The molecule has 3 saturated heterocycles. The van der Waals surface area contributed by atoms with E-state index >= 15 is 0 Å². The molecule has 4 fully saturated rings. The van der Waals surface area contributed by atoms with Gasteiger partial charge in [0.05, 0.1) is 39.3 Å². The molecule has 6 aliphatic rings. The number of piperidine rings is 1. The number of imide groups is 2. The van der Waals surface area contributed by atoms with Gasteiger partial charge in [0, 0.05) is 118 Å². The molecule has 6 aromatic rings. The van der Waals surface area contributed by atoms with Crippen molar-refractivity contribution in [1.82, 2.24) is 39.6 Å². The number of carbonyl (C=O) groups excluding carboxylic acids is 6. The van der Waals surface area contributed by atoms with E-state index in [-0.39, 0.29) is 70.8 Å². The van der Waals surface area contributed by atoms with Crippen molar-refractivity contribution in [2.24, 2.45) is 11.3 Å². The standard InChI is InChI=1S/C65H71ClN12O11S/c1-65(2)22-20-43(51(35-65)41-8-10-44(66)11-9-41)38-73-26-28-74(29-27-73)46-14-16-49(56(33-46)89-47-32-42-21-23-68-60(42)70-37-47)61(81)72-90(87,88)48-15-17-52(55(34-48)78(85)86)69-36-40-6-12-45(13-7-40)76-31-30-75(58(80)39-76)25-24-67-53-5-3-4-50-59(53)64(84)77(63(50)83)54-18-19-57(79)71-62(54)82/h3-5,8-11,14-17,21,23,32-34,37,40,45,54,67,69H,6-7,12-13,18-20,22,24-31,35-36,38-39H2,1-2H3,(H,68,70)(H,72,81)(H,71,79,82). The van der Waals surface area contributed by atoms with Crippen molar-refractivity contribution < 1.29 is 46.8 Å². The molecule has 6 heterocycles. The normalized spacial score (nSPS) is 20.9. The largest absolute Gasteiger partial charge is 0.455 e. The van der Waals surface area contributed by atoms with Gasteiger partial charge < -0.3 is 30.2 Å². The van der Waals surface area contributed by atoms with Gasteiger partial charge in [0.2, 0.25) is 17.7 Å². The highest BCUT2D eigenvalue weighted by Gasteiger charge is 2.46. The first-order valence-electron chi connectivity index (χ1n) is 30.6. The van der Waals surface area contributed by atoms with Crippen LogP contribution in [0.5, 0.6) is 11.5 Å². The number of nitrogens with one attached hydrogen (secondary N) is 5. The Morgan fingerprint density at radius 2 is 1.64 bits per heavy atom. The molecule has 0 radical (unpaired) electrons. The number of anilines is 3. The first kappa shape index (κ1) is 61.5. The van der Waals surface area contributed by atoms with Crippen LogP contribution < -0.4 is 30.3 Å². The molecule has 0 bridgehead atoms. The summed E-state index contributed by atoms with van der Waals surface area (Å²) in [5, 5.41) is 22.6. The molecule has 6 amide bonds. The van der Waals surface area contributed by atoms with Gasteiger partial charge in [-0.3, -0.25) is 58.9 Å². The molecule has 2 aliphatic carbocycles. The van der Waals surface area contributed by atoms with Crippen molar-refractivity contribution in [3.63, 3.8) is 0 Å². The number of nitrogens with zero attached hydrogens (tertiary/aromatic N) is 7. The van der Waals surface area contributed by atoms with E-state index in [0.29, 0.717) is 67.9 Å². The van der Waals surface area contributed by atoms with Crippen molar-refractivity contribution in [2.75, 3.05) is 87.5 Å². The molecule has 4 aromatic carbocycles. The number of piperazine rings is 2. The topological polar surface area (TPSA) is 282 Å². The molecule has 0 spiro atoms. The Morgan fingerprint density at radius 1 is 0.856 bits per heavy atom. The number of nitro groups is 1. The monoisotopic (exact) mass is 1260 g/mol. The van der Waals surface area contributed by atoms with Crippen molar-refractivity contribution in [2.45, 2.75) is 88.6 Å². The minimum Gasteiger partial charge on any atom is -0.455 e. The van der Waals surface area contributed by atoms with Gasteiger partial charge in [0.1, 0.15) is 28.9 Å². The lowest BCUT2D eigenvalue weighted by molar-refractivity contribution is -0.384. The van der Waals surface area contributed by atoms with Gasteiger partial charge in [-0.2, -0.15) is 0 Å². The number of benzene rings is 4. The smallest absolute Gasteiger partial charge is 0.293 e. The van der Waals surface area contributed by atoms with Gasteiger partial charge in [0.15, 0.2) is 0 Å². The SMILES string of the molecule is CC1(C)CCC(CN2CCN(c3ccc(C(=O)NS(=O)(=O)c4ccc(NCC5CCC(N6CCN(CCNc7cccc8c7C(=O)N(C7CCC(=O)NC7=O)C8=O)C(=O)C6)CC5)c([N+](=O)[O-])c4)c(Oc4cnc5[nH]ccc5c4)c3)CC2)=C(c2ccc(Cl)cc2)C1. The lowest BCUT2D eigenvalue weighted by atomic mass is 9.72. The van der Waals surface area contributed by atoms with E-state index in [0.717, 1.165) is 86.6 Å². The molecule has 23 nitrogen and oxygen atoms in total. The van der Waals surface area contributed by atoms with E-state index in [1.807, 2.05) is 18.2 Å². The van der Waals surface area contributed by atoms with Gasteiger partial charge >= 0.3 is 0 Å². The Hall–Kier alpha value is -8.71. The number of sulfonamides is 1. The van der Waals surface area contributed by atoms with Crippen LogP contribution in [0.2, 0.25) is 5.02 Å². The lowest BCUT2D eigenvalue weighted by Gasteiger charge is -2.41. The van der Waals surface area contributed by atoms with Crippen molar-refractivity contribution in [3.05, 3.63) is 146 Å². The fourth-order valence-corrected chi connectivity index (χ4v) is 14.5. The number of hydrogen-bond donors (Lipinski definition) is 5. The average Bonchev–Trinajstić information content (AvgIpc) is 1.65. The maximum absolute atomic E-state index is 14.2. The summed E-state index contributed by atoms with van der Waals surface area (Å²) < 4.78 is 36.6. The van der Waals surface area contributed by atoms with E-state index in [9.17, 15) is 47.3 Å². The van der Waals surface area contributed by atoms with Gasteiger partial charge in [-0.25, -0.2) is 18.1 Å². The summed E-state index contributed by atoms with van der Waals surface area (Å²) in [6.45, 7) is 10.9. The van der Waals surface area contributed by atoms with Crippen molar-refractivity contribution in [1.29, 1.82) is 0 Å². The van der Waals surface area contributed by atoms with Gasteiger partial charge in [-0.1, -0.05) is 49.2 Å². The number of allylic oxidation sites excluding steroid dienone is 1. The Labute approximate surface area is 525 Å². The number of aromatic amines is 1. The highest BCUT2D eigenvalue weighted by atomic mass is 35.5. The highest BCUT2D eigenvalue weighted by Crippen LogP contribution is 2.44. The van der Waals surface area contributed by atoms with E-state index in [1.54, 1.807) is 41.4 Å². The minimum absolute atomic E-state index is 0.0169. The summed E-state index contributed by atoms with van der Waals surface area (Å²) >= 11 is 6.27. The van der Waals surface area contributed by atoms with Crippen LogP contribution in [0.3, 0.4) is 0 Å². The molecular weight excluding hydrogens is 1190 g/mol. The summed E-state index contributed by atoms with van der Waals surface area (Å²) in [5.74, 6) is -2.83. The molecule has 90 heavy (non-hydrogen) atoms.